The first kappa shape index (κ1) is 11.1. The smallest absolute Gasteiger partial charge is 0.208 e. The summed E-state index contributed by atoms with van der Waals surface area (Å²) in [5.74, 6) is -0.311. The molecule has 0 N–H and O–H groups in total. The van der Waals surface area contributed by atoms with Gasteiger partial charge in [0, 0.05) is 5.41 Å². The van der Waals surface area contributed by atoms with Crippen molar-refractivity contribution in [2.45, 2.75) is 33.1 Å². The Hall–Kier alpha value is -1.38. The van der Waals surface area contributed by atoms with Crippen molar-refractivity contribution in [2.75, 3.05) is 0 Å². The summed E-state index contributed by atoms with van der Waals surface area (Å²) in [5, 5.41) is 0. The van der Waals surface area contributed by atoms with Gasteiger partial charge in [0.05, 0.1) is 12.2 Å². The summed E-state index contributed by atoms with van der Waals surface area (Å²) in [7, 11) is 0. The van der Waals surface area contributed by atoms with Gasteiger partial charge < -0.3 is 4.42 Å². The van der Waals surface area contributed by atoms with Crippen LogP contribution in [0.1, 0.15) is 43.7 Å². The molecular formula is C13H16O3. The molecule has 1 aromatic heterocycles. The van der Waals surface area contributed by atoms with Gasteiger partial charge in [-0.25, -0.2) is 0 Å². The van der Waals surface area contributed by atoms with Crippen molar-refractivity contribution < 1.29 is 14.0 Å². The van der Waals surface area contributed by atoms with Gasteiger partial charge in [-0.15, -0.1) is 0 Å². The van der Waals surface area contributed by atoms with Crippen molar-refractivity contribution in [1.29, 1.82) is 0 Å². The van der Waals surface area contributed by atoms with E-state index in [0.29, 0.717) is 12.2 Å². The van der Waals surface area contributed by atoms with Gasteiger partial charge in [-0.05, 0) is 25.0 Å². The first-order valence-corrected chi connectivity index (χ1v) is 5.64. The number of furan rings is 1. The molecule has 1 fully saturated rings. The third kappa shape index (κ3) is 1.82. The fraction of sp³-hybridized carbons (Fsp3) is 0.538. The third-order valence-corrected chi connectivity index (χ3v) is 3.36. The van der Waals surface area contributed by atoms with Crippen LogP contribution in [0.15, 0.2) is 22.8 Å². The lowest BCUT2D eigenvalue weighted by atomic mass is 9.69. The minimum atomic E-state index is -0.505. The molecule has 0 aliphatic heterocycles. The zero-order valence-electron chi connectivity index (χ0n) is 9.66. The number of hydrogen-bond donors (Lipinski definition) is 0. The van der Waals surface area contributed by atoms with Crippen LogP contribution >= 0.6 is 0 Å². The molecule has 86 valence electrons. The molecule has 16 heavy (non-hydrogen) atoms. The standard InChI is InChI=1S/C13H16O3/c1-13(2)7-3-5-9(12(13)15)11(14)10-6-4-8-16-10/h4,6,8-9H,3,5,7H2,1-2H3. The Morgan fingerprint density at radius 1 is 1.50 bits per heavy atom. The van der Waals surface area contributed by atoms with Gasteiger partial charge >= 0.3 is 0 Å². The Kier molecular flexibility index (Phi) is 2.70. The Bertz CT molecular complexity index is 401. The summed E-state index contributed by atoms with van der Waals surface area (Å²) in [6.45, 7) is 3.83. The SMILES string of the molecule is CC1(C)CCCC(C(=O)c2ccco2)C1=O. The van der Waals surface area contributed by atoms with Gasteiger partial charge in [0.1, 0.15) is 5.78 Å². The molecule has 0 amide bonds. The second kappa shape index (κ2) is 3.89. The van der Waals surface area contributed by atoms with E-state index in [9.17, 15) is 9.59 Å². The zero-order valence-corrected chi connectivity index (χ0v) is 9.66. The van der Waals surface area contributed by atoms with E-state index in [2.05, 4.69) is 0 Å². The highest BCUT2D eigenvalue weighted by molar-refractivity contribution is 6.11. The maximum Gasteiger partial charge on any atom is 0.208 e. The summed E-state index contributed by atoms with van der Waals surface area (Å²) in [5.41, 5.74) is -0.370. The van der Waals surface area contributed by atoms with E-state index >= 15 is 0 Å². The molecular weight excluding hydrogens is 204 g/mol. The van der Waals surface area contributed by atoms with Gasteiger partial charge in [0.2, 0.25) is 5.78 Å². The predicted molar refractivity (Wildman–Crippen MR) is 59.2 cm³/mol. The number of rotatable bonds is 2. The van der Waals surface area contributed by atoms with Crippen molar-refractivity contribution in [3.8, 4) is 0 Å². The van der Waals surface area contributed by atoms with E-state index in [4.69, 9.17) is 4.42 Å². The highest BCUT2D eigenvalue weighted by Gasteiger charge is 2.41. The van der Waals surface area contributed by atoms with Gasteiger partial charge in [0.25, 0.3) is 0 Å². The zero-order chi connectivity index (χ0) is 11.8. The van der Waals surface area contributed by atoms with Crippen LogP contribution < -0.4 is 0 Å². The van der Waals surface area contributed by atoms with Crippen molar-refractivity contribution in [1.82, 2.24) is 0 Å². The summed E-state index contributed by atoms with van der Waals surface area (Å²) in [4.78, 5) is 24.2. The molecule has 1 aliphatic rings. The van der Waals surface area contributed by atoms with Crippen molar-refractivity contribution in [2.24, 2.45) is 11.3 Å². The van der Waals surface area contributed by atoms with Crippen LogP contribution in [0.4, 0.5) is 0 Å². The van der Waals surface area contributed by atoms with E-state index in [1.54, 1.807) is 12.1 Å². The summed E-state index contributed by atoms with van der Waals surface area (Å²) >= 11 is 0. The Morgan fingerprint density at radius 2 is 2.25 bits per heavy atom. The molecule has 2 rings (SSSR count). The first-order chi connectivity index (χ1) is 7.52. The Morgan fingerprint density at radius 3 is 2.88 bits per heavy atom. The number of Topliss-reactive ketones (excluding diaryl/α,β-unsaturated/α-hetero) is 2. The molecule has 1 unspecified atom stereocenters. The van der Waals surface area contributed by atoms with Crippen molar-refractivity contribution >= 4 is 11.6 Å². The van der Waals surface area contributed by atoms with Gasteiger partial charge in [-0.2, -0.15) is 0 Å². The lowest BCUT2D eigenvalue weighted by Crippen LogP contribution is -2.39. The second-order valence-corrected chi connectivity index (χ2v) is 5.03. The Balaban J connectivity index is 2.22. The molecule has 1 saturated carbocycles. The highest BCUT2D eigenvalue weighted by Crippen LogP contribution is 2.36. The summed E-state index contributed by atoms with van der Waals surface area (Å²) in [6, 6.07) is 3.29. The van der Waals surface area contributed by atoms with Gasteiger partial charge in [-0.1, -0.05) is 20.3 Å². The van der Waals surface area contributed by atoms with E-state index in [0.717, 1.165) is 12.8 Å². The molecule has 0 radical (unpaired) electrons. The fourth-order valence-corrected chi connectivity index (χ4v) is 2.31. The summed E-state index contributed by atoms with van der Waals surface area (Å²) < 4.78 is 5.06. The quantitative estimate of drug-likeness (QED) is 0.568. The first-order valence-electron chi connectivity index (χ1n) is 5.64. The van der Waals surface area contributed by atoms with Gasteiger partial charge in [-0.3, -0.25) is 9.59 Å². The van der Waals surface area contributed by atoms with Crippen LogP contribution in [0.25, 0.3) is 0 Å². The second-order valence-electron chi connectivity index (χ2n) is 5.03. The monoisotopic (exact) mass is 220 g/mol. The van der Waals surface area contributed by atoms with E-state index in [1.807, 2.05) is 13.8 Å². The van der Waals surface area contributed by atoms with Gasteiger partial charge in [0.15, 0.2) is 5.76 Å². The topological polar surface area (TPSA) is 47.3 Å². The maximum absolute atomic E-state index is 12.1. The van der Waals surface area contributed by atoms with E-state index in [1.165, 1.54) is 6.26 Å². The van der Waals surface area contributed by atoms with Crippen LogP contribution in [-0.2, 0) is 4.79 Å². The van der Waals surface area contributed by atoms with Crippen molar-refractivity contribution in [3.05, 3.63) is 24.2 Å². The molecule has 0 aromatic carbocycles. The van der Waals surface area contributed by atoms with Crippen LogP contribution in [0.2, 0.25) is 0 Å². The molecule has 0 saturated heterocycles. The third-order valence-electron chi connectivity index (χ3n) is 3.36. The van der Waals surface area contributed by atoms with E-state index < -0.39 is 5.92 Å². The van der Waals surface area contributed by atoms with Crippen LogP contribution in [0, 0.1) is 11.3 Å². The highest BCUT2D eigenvalue weighted by atomic mass is 16.3. The van der Waals surface area contributed by atoms with Crippen molar-refractivity contribution in [3.63, 3.8) is 0 Å². The molecule has 1 heterocycles. The van der Waals surface area contributed by atoms with Crippen LogP contribution in [-0.4, -0.2) is 11.6 Å². The number of carbonyl (C=O) groups excluding carboxylic acids is 2. The molecule has 0 spiro atoms. The lowest BCUT2D eigenvalue weighted by Gasteiger charge is -2.32. The maximum atomic E-state index is 12.1. The fourth-order valence-electron chi connectivity index (χ4n) is 2.31. The number of ketones is 2. The number of hydrogen-bond acceptors (Lipinski definition) is 3. The molecule has 1 atom stereocenters. The average Bonchev–Trinajstić information content (AvgIpc) is 2.74. The van der Waals surface area contributed by atoms with Crippen LogP contribution in [0.3, 0.4) is 0 Å². The Labute approximate surface area is 94.8 Å². The minimum absolute atomic E-state index is 0.0557. The molecule has 1 aliphatic carbocycles. The van der Waals surface area contributed by atoms with E-state index in [-0.39, 0.29) is 17.0 Å². The van der Waals surface area contributed by atoms with Crippen LogP contribution in [0.5, 0.6) is 0 Å². The molecule has 3 nitrogen and oxygen atoms in total. The normalized spacial score (nSPS) is 24.4. The minimum Gasteiger partial charge on any atom is -0.461 e. The molecule has 0 bridgehead atoms. The number of carbonyl (C=O) groups is 2. The lowest BCUT2D eigenvalue weighted by molar-refractivity contribution is -0.132. The predicted octanol–water partition coefficient (Wildman–Crippen LogP) is 2.86. The average molecular weight is 220 g/mol. The molecule has 3 heteroatoms. The molecule has 1 aromatic rings. The largest absolute Gasteiger partial charge is 0.461 e. The summed E-state index contributed by atoms with van der Waals surface area (Å²) in [6.07, 6.45) is 3.91.